The van der Waals surface area contributed by atoms with Crippen LogP contribution in [0, 0.1) is 6.92 Å². The van der Waals surface area contributed by atoms with E-state index in [1.807, 2.05) is 25.1 Å². The second-order valence-corrected chi connectivity index (χ2v) is 4.67. The smallest absolute Gasteiger partial charge is 0.328 e. The van der Waals surface area contributed by atoms with Crippen LogP contribution in [0.1, 0.15) is 18.3 Å². The Morgan fingerprint density at radius 3 is 3.05 bits per heavy atom. The van der Waals surface area contributed by atoms with Crippen molar-refractivity contribution < 1.29 is 18.8 Å². The van der Waals surface area contributed by atoms with E-state index in [1.54, 1.807) is 13.0 Å². The van der Waals surface area contributed by atoms with E-state index < -0.39 is 0 Å². The molecule has 7 nitrogen and oxygen atoms in total. The average Bonchev–Trinajstić information content (AvgIpc) is 2.92. The molecule has 3 rings (SSSR count). The molecule has 1 amide bonds. The minimum absolute atomic E-state index is 0.0669. The number of nitrogens with one attached hydrogen (secondary N) is 1. The Bertz CT molecular complexity index is 736. The molecule has 22 heavy (non-hydrogen) atoms. The Hall–Kier alpha value is -2.83. The molecule has 1 aromatic carbocycles. The van der Waals surface area contributed by atoms with Gasteiger partial charge in [-0.1, -0.05) is 17.3 Å². The van der Waals surface area contributed by atoms with Gasteiger partial charge in [-0.3, -0.25) is 10.1 Å². The van der Waals surface area contributed by atoms with Gasteiger partial charge < -0.3 is 14.0 Å². The third-order valence-corrected chi connectivity index (χ3v) is 3.05. The van der Waals surface area contributed by atoms with Crippen LogP contribution in [-0.4, -0.2) is 29.3 Å². The fourth-order valence-corrected chi connectivity index (χ4v) is 2.11. The number of hydrogen-bond donors (Lipinski definition) is 1. The number of carbonyl (C=O) groups excluding carboxylic acids is 1. The van der Waals surface area contributed by atoms with Crippen molar-refractivity contribution in [3.05, 3.63) is 35.2 Å². The normalized spacial score (nSPS) is 12.9. The molecular formula is C15H15N3O4. The lowest BCUT2D eigenvalue weighted by atomic mass is 10.1. The van der Waals surface area contributed by atoms with Gasteiger partial charge in [-0.2, -0.15) is 4.98 Å². The van der Waals surface area contributed by atoms with Crippen LogP contribution in [0.3, 0.4) is 0 Å². The van der Waals surface area contributed by atoms with Gasteiger partial charge in [-0.25, -0.2) is 0 Å². The molecule has 2 heterocycles. The molecule has 0 fully saturated rings. The number of aromatic nitrogens is 2. The molecule has 1 N–H and O–H groups in total. The molecule has 0 bridgehead atoms. The van der Waals surface area contributed by atoms with Gasteiger partial charge in [0.15, 0.2) is 17.3 Å². The number of rotatable bonds is 4. The number of amides is 1. The number of hydrogen-bond acceptors (Lipinski definition) is 6. The summed E-state index contributed by atoms with van der Waals surface area (Å²) in [5, 5.41) is 6.16. The van der Waals surface area contributed by atoms with E-state index in [-0.39, 0.29) is 18.5 Å². The topological polar surface area (TPSA) is 86.5 Å². The standard InChI is InChI=1S/C15H15N3O4/c1-3-20-12-6-4-5-10-7-11(8-21-13(10)12)14(19)17-15-16-9(2)18-22-15/h4-7H,3,8H2,1-2H3,(H,16,17,18,19). The minimum Gasteiger partial charge on any atom is -0.490 e. The SMILES string of the molecule is CCOc1cccc2c1OCC(C(=O)Nc1nc(C)no1)=C2. The Kier molecular flexibility index (Phi) is 3.78. The molecular weight excluding hydrogens is 286 g/mol. The highest BCUT2D eigenvalue weighted by atomic mass is 16.5. The first-order valence-electron chi connectivity index (χ1n) is 6.88. The highest BCUT2D eigenvalue weighted by Gasteiger charge is 2.21. The van der Waals surface area contributed by atoms with E-state index >= 15 is 0 Å². The molecule has 0 radical (unpaired) electrons. The summed E-state index contributed by atoms with van der Waals surface area (Å²) in [6, 6.07) is 5.62. The number of nitrogens with zero attached hydrogens (tertiary/aromatic N) is 2. The maximum atomic E-state index is 12.2. The molecule has 2 aromatic rings. The maximum absolute atomic E-state index is 12.2. The number of aryl methyl sites for hydroxylation is 1. The lowest BCUT2D eigenvalue weighted by Gasteiger charge is -2.19. The van der Waals surface area contributed by atoms with Crippen LogP contribution >= 0.6 is 0 Å². The number of benzene rings is 1. The lowest BCUT2D eigenvalue weighted by Crippen LogP contribution is -2.21. The van der Waals surface area contributed by atoms with E-state index in [9.17, 15) is 4.79 Å². The third kappa shape index (κ3) is 2.78. The summed E-state index contributed by atoms with van der Waals surface area (Å²) in [4.78, 5) is 16.1. The molecule has 1 aliphatic heterocycles. The van der Waals surface area contributed by atoms with Crippen LogP contribution in [0.5, 0.6) is 11.5 Å². The quantitative estimate of drug-likeness (QED) is 0.931. The van der Waals surface area contributed by atoms with Gasteiger partial charge in [0.05, 0.1) is 12.2 Å². The summed E-state index contributed by atoms with van der Waals surface area (Å²) in [6.45, 7) is 4.28. The first-order valence-corrected chi connectivity index (χ1v) is 6.88. The van der Waals surface area contributed by atoms with Crippen molar-refractivity contribution in [3.63, 3.8) is 0 Å². The maximum Gasteiger partial charge on any atom is 0.328 e. The summed E-state index contributed by atoms with van der Waals surface area (Å²) in [7, 11) is 0. The van der Waals surface area contributed by atoms with Crippen LogP contribution in [-0.2, 0) is 4.79 Å². The summed E-state index contributed by atoms with van der Waals surface area (Å²) >= 11 is 0. The third-order valence-electron chi connectivity index (χ3n) is 3.05. The fraction of sp³-hybridized carbons (Fsp3) is 0.267. The Morgan fingerprint density at radius 1 is 1.45 bits per heavy atom. The molecule has 0 aliphatic carbocycles. The van der Waals surface area contributed by atoms with Gasteiger partial charge in [-0.15, -0.1) is 0 Å². The minimum atomic E-state index is -0.337. The number of fused-ring (bicyclic) bond motifs is 1. The molecule has 1 aromatic heterocycles. The van der Waals surface area contributed by atoms with Crippen LogP contribution in [0.15, 0.2) is 28.3 Å². The monoisotopic (exact) mass is 301 g/mol. The Labute approximate surface area is 126 Å². The zero-order chi connectivity index (χ0) is 15.5. The zero-order valence-electron chi connectivity index (χ0n) is 12.3. The zero-order valence-corrected chi connectivity index (χ0v) is 12.3. The van der Waals surface area contributed by atoms with Gasteiger partial charge in [0.2, 0.25) is 0 Å². The molecule has 0 atom stereocenters. The first kappa shape index (κ1) is 14.1. The summed E-state index contributed by atoms with van der Waals surface area (Å²) in [5.74, 6) is 1.43. The van der Waals surface area contributed by atoms with Crippen molar-refractivity contribution in [1.82, 2.24) is 10.1 Å². The van der Waals surface area contributed by atoms with Gasteiger partial charge in [0, 0.05) is 5.56 Å². The molecule has 114 valence electrons. The van der Waals surface area contributed by atoms with Crippen molar-refractivity contribution in [2.24, 2.45) is 0 Å². The summed E-state index contributed by atoms with van der Waals surface area (Å²) in [5.41, 5.74) is 1.26. The number of carbonyl (C=O) groups is 1. The second kappa shape index (κ2) is 5.88. The molecule has 0 saturated heterocycles. The highest BCUT2D eigenvalue weighted by molar-refractivity contribution is 6.06. The van der Waals surface area contributed by atoms with E-state index in [0.29, 0.717) is 29.5 Å². The highest BCUT2D eigenvalue weighted by Crippen LogP contribution is 2.35. The van der Waals surface area contributed by atoms with E-state index in [2.05, 4.69) is 15.5 Å². The predicted octanol–water partition coefficient (Wildman–Crippen LogP) is 2.19. The van der Waals surface area contributed by atoms with E-state index in [4.69, 9.17) is 14.0 Å². The van der Waals surface area contributed by atoms with Gasteiger partial charge >= 0.3 is 6.01 Å². The summed E-state index contributed by atoms with van der Waals surface area (Å²) < 4.78 is 16.0. The molecule has 7 heteroatoms. The van der Waals surface area contributed by atoms with Gasteiger partial charge in [0.25, 0.3) is 5.91 Å². The second-order valence-electron chi connectivity index (χ2n) is 4.67. The fourth-order valence-electron chi connectivity index (χ4n) is 2.11. The largest absolute Gasteiger partial charge is 0.490 e. The van der Waals surface area contributed by atoms with E-state index in [1.165, 1.54) is 0 Å². The summed E-state index contributed by atoms with van der Waals surface area (Å²) in [6.07, 6.45) is 1.76. The van der Waals surface area contributed by atoms with Gasteiger partial charge in [0.1, 0.15) is 6.61 Å². The van der Waals surface area contributed by atoms with Crippen molar-refractivity contribution in [1.29, 1.82) is 0 Å². The number of anilines is 1. The molecule has 1 aliphatic rings. The van der Waals surface area contributed by atoms with Crippen molar-refractivity contribution in [2.75, 3.05) is 18.5 Å². The predicted molar refractivity (Wildman–Crippen MR) is 78.7 cm³/mol. The average molecular weight is 301 g/mol. The van der Waals surface area contributed by atoms with Crippen molar-refractivity contribution in [3.8, 4) is 11.5 Å². The van der Waals surface area contributed by atoms with E-state index in [0.717, 1.165) is 5.56 Å². The molecule has 0 saturated carbocycles. The van der Waals surface area contributed by atoms with Crippen LogP contribution < -0.4 is 14.8 Å². The Balaban J connectivity index is 1.81. The van der Waals surface area contributed by atoms with Crippen LogP contribution in [0.4, 0.5) is 6.01 Å². The molecule has 0 spiro atoms. The van der Waals surface area contributed by atoms with Crippen molar-refractivity contribution in [2.45, 2.75) is 13.8 Å². The van der Waals surface area contributed by atoms with Crippen molar-refractivity contribution >= 4 is 18.0 Å². The number of ether oxygens (including phenoxy) is 2. The van der Waals surface area contributed by atoms with Crippen LogP contribution in [0.25, 0.3) is 6.08 Å². The molecule has 0 unspecified atom stereocenters. The van der Waals surface area contributed by atoms with Gasteiger partial charge in [-0.05, 0) is 26.0 Å². The Morgan fingerprint density at radius 2 is 2.32 bits per heavy atom. The lowest BCUT2D eigenvalue weighted by molar-refractivity contribution is -0.113. The number of para-hydroxylation sites is 1. The van der Waals surface area contributed by atoms with Crippen LogP contribution in [0.2, 0.25) is 0 Å². The first-order chi connectivity index (χ1) is 10.7.